The molecule has 1 nitrogen and oxygen atoms in total. The van der Waals surface area contributed by atoms with Gasteiger partial charge in [0.1, 0.15) is 0 Å². The molecule has 0 heterocycles. The molecule has 12 heavy (non-hydrogen) atoms. The Bertz CT molecular complexity index is 329. The molecule has 0 saturated carbocycles. The molecule has 1 rings (SSSR count). The second kappa shape index (κ2) is 3.28. The molecule has 0 atom stereocenters. The van der Waals surface area contributed by atoms with Crippen molar-refractivity contribution in [2.24, 2.45) is 0 Å². The largest absolute Gasteiger partial charge is 0.294 e. The van der Waals surface area contributed by atoms with Gasteiger partial charge in [0.2, 0.25) is 0 Å². The molecule has 0 saturated heterocycles. The van der Waals surface area contributed by atoms with Gasteiger partial charge in [-0.3, -0.25) is 4.79 Å². The predicted molar refractivity (Wildman–Crippen MR) is 50.9 cm³/mol. The molecular weight excluding hydrogens is 172 g/mol. The number of aryl methyl sites for hydroxylation is 1. The third kappa shape index (κ3) is 1.51. The molecule has 0 aliphatic heterocycles. The number of hydrogen-bond donors (Lipinski definition) is 0. The second-order valence-corrected chi connectivity index (χ2v) is 3.30. The highest BCUT2D eigenvalue weighted by molar-refractivity contribution is 6.34. The van der Waals surface area contributed by atoms with Crippen LogP contribution in [-0.4, -0.2) is 5.78 Å². The first kappa shape index (κ1) is 9.27. The van der Waals surface area contributed by atoms with Crippen molar-refractivity contribution in [2.75, 3.05) is 0 Å². The van der Waals surface area contributed by atoms with Crippen LogP contribution in [0.2, 0.25) is 5.02 Å². The Labute approximate surface area is 77.4 Å². The SMILES string of the molecule is CC(=O)c1ccc(C)c(C)c1Cl. The monoisotopic (exact) mass is 182 g/mol. The van der Waals surface area contributed by atoms with E-state index in [2.05, 4.69) is 0 Å². The molecule has 64 valence electrons. The average molecular weight is 183 g/mol. The fraction of sp³-hybridized carbons (Fsp3) is 0.300. The minimum Gasteiger partial charge on any atom is -0.294 e. The van der Waals surface area contributed by atoms with Gasteiger partial charge in [-0.15, -0.1) is 0 Å². The first-order valence-electron chi connectivity index (χ1n) is 3.80. The summed E-state index contributed by atoms with van der Waals surface area (Å²) in [7, 11) is 0. The maximum atomic E-state index is 11.0. The molecule has 1 aromatic carbocycles. The Kier molecular flexibility index (Phi) is 2.53. The molecule has 0 spiro atoms. The quantitative estimate of drug-likeness (QED) is 0.610. The Hall–Kier alpha value is -0.820. The van der Waals surface area contributed by atoms with E-state index >= 15 is 0 Å². The Balaban J connectivity index is 3.36. The number of ketones is 1. The lowest BCUT2D eigenvalue weighted by molar-refractivity contribution is 0.101. The van der Waals surface area contributed by atoms with Crippen LogP contribution in [0.5, 0.6) is 0 Å². The molecule has 0 radical (unpaired) electrons. The van der Waals surface area contributed by atoms with Gasteiger partial charge < -0.3 is 0 Å². The van der Waals surface area contributed by atoms with Crippen LogP contribution in [0.1, 0.15) is 28.4 Å². The summed E-state index contributed by atoms with van der Waals surface area (Å²) in [4.78, 5) is 11.0. The van der Waals surface area contributed by atoms with Gasteiger partial charge in [0.05, 0.1) is 5.02 Å². The van der Waals surface area contributed by atoms with Gasteiger partial charge in [0, 0.05) is 5.56 Å². The number of carbonyl (C=O) groups excluding carboxylic acids is 1. The van der Waals surface area contributed by atoms with E-state index < -0.39 is 0 Å². The van der Waals surface area contributed by atoms with Crippen LogP contribution >= 0.6 is 11.6 Å². The molecule has 1 aromatic rings. The smallest absolute Gasteiger partial charge is 0.161 e. The Morgan fingerprint density at radius 3 is 2.42 bits per heavy atom. The van der Waals surface area contributed by atoms with E-state index in [1.165, 1.54) is 6.92 Å². The lowest BCUT2D eigenvalue weighted by Crippen LogP contribution is -1.96. The fourth-order valence-electron chi connectivity index (χ4n) is 1.05. The van der Waals surface area contributed by atoms with Gasteiger partial charge in [0.25, 0.3) is 0 Å². The minimum atomic E-state index is 0.0168. The molecule has 0 unspecified atom stereocenters. The molecule has 0 aromatic heterocycles. The Morgan fingerprint density at radius 2 is 1.92 bits per heavy atom. The molecule has 0 N–H and O–H groups in total. The first-order chi connectivity index (χ1) is 5.54. The number of rotatable bonds is 1. The van der Waals surface area contributed by atoms with Crippen LogP contribution in [0.4, 0.5) is 0 Å². The summed E-state index contributed by atoms with van der Waals surface area (Å²) in [6.07, 6.45) is 0. The zero-order chi connectivity index (χ0) is 9.30. The van der Waals surface area contributed by atoms with E-state index in [9.17, 15) is 4.79 Å². The van der Waals surface area contributed by atoms with E-state index in [0.29, 0.717) is 10.6 Å². The van der Waals surface area contributed by atoms with E-state index in [0.717, 1.165) is 11.1 Å². The summed E-state index contributed by atoms with van der Waals surface area (Å²) in [6, 6.07) is 3.69. The average Bonchev–Trinajstić information content (AvgIpc) is 2.00. The highest BCUT2D eigenvalue weighted by atomic mass is 35.5. The normalized spacial score (nSPS) is 10.0. The highest BCUT2D eigenvalue weighted by Gasteiger charge is 2.08. The second-order valence-electron chi connectivity index (χ2n) is 2.93. The molecule has 2 heteroatoms. The zero-order valence-corrected chi connectivity index (χ0v) is 8.20. The predicted octanol–water partition coefficient (Wildman–Crippen LogP) is 3.16. The molecule has 0 amide bonds. The van der Waals surface area contributed by atoms with Gasteiger partial charge in [-0.25, -0.2) is 0 Å². The van der Waals surface area contributed by atoms with E-state index in [-0.39, 0.29) is 5.78 Å². The summed E-state index contributed by atoms with van der Waals surface area (Å²) in [5.74, 6) is 0.0168. The summed E-state index contributed by atoms with van der Waals surface area (Å²) >= 11 is 5.97. The van der Waals surface area contributed by atoms with E-state index in [1.807, 2.05) is 19.9 Å². The van der Waals surface area contributed by atoms with Crippen molar-refractivity contribution in [3.05, 3.63) is 33.8 Å². The standard InChI is InChI=1S/C10H11ClO/c1-6-4-5-9(8(3)12)10(11)7(6)2/h4-5H,1-3H3. The number of benzene rings is 1. The fourth-order valence-corrected chi connectivity index (χ4v) is 1.40. The zero-order valence-electron chi connectivity index (χ0n) is 7.44. The van der Waals surface area contributed by atoms with Gasteiger partial charge in [0.15, 0.2) is 5.78 Å². The topological polar surface area (TPSA) is 17.1 Å². The lowest BCUT2D eigenvalue weighted by Gasteiger charge is -2.05. The van der Waals surface area contributed by atoms with Crippen molar-refractivity contribution < 1.29 is 4.79 Å². The molecular formula is C10H11ClO. The van der Waals surface area contributed by atoms with Crippen molar-refractivity contribution in [3.8, 4) is 0 Å². The molecule has 0 fully saturated rings. The third-order valence-electron chi connectivity index (χ3n) is 2.04. The molecule has 0 bridgehead atoms. The number of Topliss-reactive ketones (excluding diaryl/α,β-unsaturated/α-hetero) is 1. The van der Waals surface area contributed by atoms with Crippen LogP contribution in [0.25, 0.3) is 0 Å². The lowest BCUT2D eigenvalue weighted by atomic mass is 10.0. The molecule has 0 aliphatic rings. The van der Waals surface area contributed by atoms with Crippen LogP contribution in [-0.2, 0) is 0 Å². The van der Waals surface area contributed by atoms with Gasteiger partial charge in [-0.2, -0.15) is 0 Å². The summed E-state index contributed by atoms with van der Waals surface area (Å²) in [5, 5.41) is 0.586. The van der Waals surface area contributed by atoms with Gasteiger partial charge in [-0.1, -0.05) is 17.7 Å². The number of halogens is 1. The van der Waals surface area contributed by atoms with Gasteiger partial charge >= 0.3 is 0 Å². The van der Waals surface area contributed by atoms with Crippen molar-refractivity contribution in [1.29, 1.82) is 0 Å². The molecule has 0 aliphatic carbocycles. The highest BCUT2D eigenvalue weighted by Crippen LogP contribution is 2.23. The maximum Gasteiger partial charge on any atom is 0.161 e. The van der Waals surface area contributed by atoms with Crippen LogP contribution in [0, 0.1) is 13.8 Å². The van der Waals surface area contributed by atoms with Crippen LogP contribution < -0.4 is 0 Å². The third-order valence-corrected chi connectivity index (χ3v) is 2.52. The van der Waals surface area contributed by atoms with Crippen molar-refractivity contribution >= 4 is 17.4 Å². The van der Waals surface area contributed by atoms with Crippen molar-refractivity contribution in [2.45, 2.75) is 20.8 Å². The Morgan fingerprint density at radius 1 is 1.33 bits per heavy atom. The summed E-state index contributed by atoms with van der Waals surface area (Å²) in [6.45, 7) is 5.42. The van der Waals surface area contributed by atoms with Crippen molar-refractivity contribution in [3.63, 3.8) is 0 Å². The summed E-state index contributed by atoms with van der Waals surface area (Å²) < 4.78 is 0. The van der Waals surface area contributed by atoms with E-state index in [1.54, 1.807) is 6.07 Å². The summed E-state index contributed by atoms with van der Waals surface area (Å²) in [5.41, 5.74) is 2.72. The van der Waals surface area contributed by atoms with E-state index in [4.69, 9.17) is 11.6 Å². The first-order valence-corrected chi connectivity index (χ1v) is 4.18. The number of hydrogen-bond acceptors (Lipinski definition) is 1. The maximum absolute atomic E-state index is 11.0. The number of carbonyl (C=O) groups is 1. The van der Waals surface area contributed by atoms with Crippen LogP contribution in [0.3, 0.4) is 0 Å². The van der Waals surface area contributed by atoms with Gasteiger partial charge in [-0.05, 0) is 38.0 Å². The van der Waals surface area contributed by atoms with Crippen LogP contribution in [0.15, 0.2) is 12.1 Å². The van der Waals surface area contributed by atoms with Crippen molar-refractivity contribution in [1.82, 2.24) is 0 Å². The minimum absolute atomic E-state index is 0.0168.